The lowest BCUT2D eigenvalue weighted by atomic mass is 9.60. The van der Waals surface area contributed by atoms with E-state index in [0.717, 1.165) is 18.4 Å². The molecule has 3 N–H and O–H groups in total. The van der Waals surface area contributed by atoms with E-state index in [1.54, 1.807) is 13.8 Å². The predicted octanol–water partition coefficient (Wildman–Crippen LogP) is 3.30. The summed E-state index contributed by atoms with van der Waals surface area (Å²) >= 11 is 0. The van der Waals surface area contributed by atoms with Gasteiger partial charge in [-0.05, 0) is 64.2 Å². The summed E-state index contributed by atoms with van der Waals surface area (Å²) in [5, 5.41) is 32.0. The molecule has 1 saturated carbocycles. The molecule has 8 heteroatoms. The zero-order valence-corrected chi connectivity index (χ0v) is 22.6. The van der Waals surface area contributed by atoms with Crippen molar-refractivity contribution in [2.75, 3.05) is 6.61 Å². The molecule has 1 aliphatic carbocycles. The molecule has 0 spiro atoms. The van der Waals surface area contributed by atoms with Crippen LogP contribution in [-0.4, -0.2) is 69.5 Å². The second-order valence-electron chi connectivity index (χ2n) is 11.7. The van der Waals surface area contributed by atoms with E-state index in [1.165, 1.54) is 0 Å². The van der Waals surface area contributed by atoms with Gasteiger partial charge in [0.25, 0.3) is 0 Å². The van der Waals surface area contributed by atoms with Gasteiger partial charge in [0.05, 0.1) is 17.8 Å². The Labute approximate surface area is 215 Å². The summed E-state index contributed by atoms with van der Waals surface area (Å²) in [5.74, 6) is -1.08. The Morgan fingerprint density at radius 1 is 1.25 bits per heavy atom. The number of fused-ring (bicyclic) bond motifs is 5. The molecule has 0 amide bonds. The number of carbonyl (C=O) groups is 2. The zero-order valence-electron chi connectivity index (χ0n) is 22.6. The lowest BCUT2D eigenvalue weighted by Gasteiger charge is -2.46. The first-order valence-electron chi connectivity index (χ1n) is 13.6. The zero-order chi connectivity index (χ0) is 26.8. The maximum atomic E-state index is 13.3. The second kappa shape index (κ2) is 11.5. The Bertz CT molecular complexity index is 809. The van der Waals surface area contributed by atoms with Crippen LogP contribution in [0.3, 0.4) is 0 Å². The quantitative estimate of drug-likeness (QED) is 0.336. The highest BCUT2D eigenvalue weighted by Crippen LogP contribution is 2.56. The van der Waals surface area contributed by atoms with Crippen molar-refractivity contribution in [2.45, 2.75) is 122 Å². The van der Waals surface area contributed by atoms with Crippen molar-refractivity contribution in [3.05, 3.63) is 12.2 Å². The number of aliphatic hydroxyl groups is 3. The first kappa shape index (κ1) is 29.1. The van der Waals surface area contributed by atoms with Crippen molar-refractivity contribution < 1.29 is 39.1 Å². The van der Waals surface area contributed by atoms with Crippen LogP contribution in [0.15, 0.2) is 12.2 Å². The van der Waals surface area contributed by atoms with Crippen molar-refractivity contribution in [2.24, 2.45) is 23.7 Å². The third-order valence-electron chi connectivity index (χ3n) is 8.81. The minimum Gasteiger partial charge on any atom is -0.454 e. The van der Waals surface area contributed by atoms with Gasteiger partial charge in [-0.1, -0.05) is 32.9 Å². The molecule has 36 heavy (non-hydrogen) atoms. The molecule has 3 rings (SSSR count). The van der Waals surface area contributed by atoms with Gasteiger partial charge >= 0.3 is 11.9 Å². The molecule has 2 bridgehead atoms. The predicted molar refractivity (Wildman–Crippen MR) is 134 cm³/mol. The molecule has 1 unspecified atom stereocenters. The summed E-state index contributed by atoms with van der Waals surface area (Å²) < 4.78 is 18.2. The standard InChI is InChI=1S/C28H46O8/c1-7-9-22(31)34-19(8-2)26(32)36-28(6)13-12-21(30)27(5,33)14-20-23-16(3)10-11-18(17(4)15-29)24(23)25(28)35-20/h17-21,23-25,29-30,33H,3,7-15H2,1-2,4-6H3/t17-,18+,19?,20+,21-,23+,24+,25+,27-,28+/m0/s1. The van der Waals surface area contributed by atoms with E-state index >= 15 is 0 Å². The smallest absolute Gasteiger partial charge is 0.348 e. The third-order valence-corrected chi connectivity index (χ3v) is 8.81. The van der Waals surface area contributed by atoms with Crippen molar-refractivity contribution >= 4 is 11.9 Å². The van der Waals surface area contributed by atoms with Crippen LogP contribution in [0.4, 0.5) is 0 Å². The van der Waals surface area contributed by atoms with E-state index in [1.807, 2.05) is 20.8 Å². The Kier molecular flexibility index (Phi) is 9.29. The molecule has 206 valence electrons. The molecule has 2 aliphatic heterocycles. The van der Waals surface area contributed by atoms with E-state index in [0.29, 0.717) is 6.42 Å². The van der Waals surface area contributed by atoms with Gasteiger partial charge in [-0.25, -0.2) is 4.79 Å². The van der Waals surface area contributed by atoms with Crippen LogP contribution in [0, 0.1) is 23.7 Å². The minimum atomic E-state index is -1.38. The fourth-order valence-corrected chi connectivity index (χ4v) is 6.61. The number of carbonyl (C=O) groups excluding carboxylic acids is 2. The van der Waals surface area contributed by atoms with Gasteiger partial charge in [0, 0.05) is 31.3 Å². The Hall–Kier alpha value is -1.48. The molecular weight excluding hydrogens is 464 g/mol. The summed E-state index contributed by atoms with van der Waals surface area (Å²) in [6.45, 7) is 13.5. The normalized spacial score (nSPS) is 40.3. The van der Waals surface area contributed by atoms with Gasteiger partial charge in [0.1, 0.15) is 11.7 Å². The minimum absolute atomic E-state index is 0.0165. The first-order valence-corrected chi connectivity index (χ1v) is 13.6. The average molecular weight is 511 g/mol. The van der Waals surface area contributed by atoms with E-state index in [-0.39, 0.29) is 62.4 Å². The highest BCUT2D eigenvalue weighted by Gasteiger charge is 2.60. The van der Waals surface area contributed by atoms with Crippen molar-refractivity contribution in [3.63, 3.8) is 0 Å². The maximum Gasteiger partial charge on any atom is 0.348 e. The van der Waals surface area contributed by atoms with Gasteiger partial charge in [0.15, 0.2) is 6.10 Å². The van der Waals surface area contributed by atoms with Crippen LogP contribution in [0.2, 0.25) is 0 Å². The second-order valence-corrected chi connectivity index (χ2v) is 11.7. The van der Waals surface area contributed by atoms with E-state index in [4.69, 9.17) is 14.2 Å². The summed E-state index contributed by atoms with van der Waals surface area (Å²) in [5.41, 5.74) is -1.48. The van der Waals surface area contributed by atoms with Crippen LogP contribution < -0.4 is 0 Å². The summed E-state index contributed by atoms with van der Waals surface area (Å²) in [6, 6.07) is 0. The van der Waals surface area contributed by atoms with Gasteiger partial charge in [-0.3, -0.25) is 4.79 Å². The monoisotopic (exact) mass is 510 g/mol. The highest BCUT2D eigenvalue weighted by molar-refractivity contribution is 5.79. The Morgan fingerprint density at radius 2 is 1.94 bits per heavy atom. The van der Waals surface area contributed by atoms with Crippen LogP contribution in [0.25, 0.3) is 0 Å². The van der Waals surface area contributed by atoms with Gasteiger partial charge < -0.3 is 29.5 Å². The highest BCUT2D eigenvalue weighted by atomic mass is 16.6. The fourth-order valence-electron chi connectivity index (χ4n) is 6.61. The van der Waals surface area contributed by atoms with Crippen LogP contribution in [0.5, 0.6) is 0 Å². The SMILES string of the molecule is C=C1CC[C@H]([C@@H](C)CO)[C@@H]2[C@H]1[C@H]1C[C@](C)(O)[C@@H](O)CC[C@@](C)(OC(=O)C(CC)OC(=O)CCC)[C@@H]2O1. The van der Waals surface area contributed by atoms with Crippen molar-refractivity contribution in [3.8, 4) is 0 Å². The van der Waals surface area contributed by atoms with E-state index in [9.17, 15) is 24.9 Å². The molecule has 8 nitrogen and oxygen atoms in total. The summed E-state index contributed by atoms with van der Waals surface area (Å²) in [7, 11) is 0. The maximum absolute atomic E-state index is 13.3. The van der Waals surface area contributed by atoms with Crippen LogP contribution >= 0.6 is 0 Å². The fraction of sp³-hybridized carbons (Fsp3) is 0.857. The molecule has 3 aliphatic rings. The number of esters is 2. The number of rotatable bonds is 8. The van der Waals surface area contributed by atoms with Gasteiger partial charge in [0.2, 0.25) is 0 Å². The molecule has 0 aromatic rings. The molecule has 10 atom stereocenters. The number of hydrogen-bond donors (Lipinski definition) is 3. The molecule has 0 aromatic heterocycles. The third kappa shape index (κ3) is 5.82. The first-order chi connectivity index (χ1) is 16.9. The Balaban J connectivity index is 1.99. The summed E-state index contributed by atoms with van der Waals surface area (Å²) in [4.78, 5) is 25.4. The van der Waals surface area contributed by atoms with Crippen LogP contribution in [0.1, 0.15) is 86.0 Å². The number of hydrogen-bond acceptors (Lipinski definition) is 8. The molecule has 0 radical (unpaired) electrons. The van der Waals surface area contributed by atoms with Crippen LogP contribution in [-0.2, 0) is 23.8 Å². The lowest BCUT2D eigenvalue weighted by molar-refractivity contribution is -0.195. The molecule has 2 heterocycles. The number of aliphatic hydroxyl groups excluding tert-OH is 2. The molecule has 2 saturated heterocycles. The van der Waals surface area contributed by atoms with Crippen molar-refractivity contribution in [1.82, 2.24) is 0 Å². The van der Waals surface area contributed by atoms with Crippen molar-refractivity contribution in [1.29, 1.82) is 0 Å². The molecule has 0 aromatic carbocycles. The summed E-state index contributed by atoms with van der Waals surface area (Å²) in [6.07, 6.45) is 0.536. The average Bonchev–Trinajstić information content (AvgIpc) is 3.21. The lowest BCUT2D eigenvalue weighted by Crippen LogP contribution is -2.53. The Morgan fingerprint density at radius 3 is 2.56 bits per heavy atom. The van der Waals surface area contributed by atoms with E-state index < -0.39 is 47.6 Å². The van der Waals surface area contributed by atoms with Gasteiger partial charge in [-0.2, -0.15) is 0 Å². The molecular formula is C28H46O8. The number of ether oxygens (including phenoxy) is 3. The van der Waals surface area contributed by atoms with E-state index in [2.05, 4.69) is 6.58 Å². The topological polar surface area (TPSA) is 123 Å². The molecule has 3 fully saturated rings. The largest absolute Gasteiger partial charge is 0.454 e. The van der Waals surface area contributed by atoms with Gasteiger partial charge in [-0.15, -0.1) is 0 Å².